The summed E-state index contributed by atoms with van der Waals surface area (Å²) < 4.78 is 5.99. The molecule has 0 aliphatic heterocycles. The molecular formula is C9H9BrO2S. The minimum atomic E-state index is -0.299. The zero-order valence-electron chi connectivity index (χ0n) is 7.12. The second-order valence-corrected chi connectivity index (χ2v) is 4.86. The van der Waals surface area contributed by atoms with E-state index in [2.05, 4.69) is 15.9 Å². The van der Waals surface area contributed by atoms with E-state index in [1.165, 1.54) is 6.08 Å². The molecule has 0 aliphatic carbocycles. The Hall–Kier alpha value is -0.610. The van der Waals surface area contributed by atoms with Crippen molar-refractivity contribution in [3.63, 3.8) is 0 Å². The third-order valence-electron chi connectivity index (χ3n) is 1.29. The maximum atomic E-state index is 10.9. The van der Waals surface area contributed by atoms with Crippen molar-refractivity contribution in [2.45, 2.75) is 13.5 Å². The topological polar surface area (TPSA) is 26.3 Å². The van der Waals surface area contributed by atoms with Gasteiger partial charge in [-0.1, -0.05) is 6.08 Å². The molecule has 0 bridgehead atoms. The molecule has 0 amide bonds. The Labute approximate surface area is 89.3 Å². The first kappa shape index (κ1) is 10.5. The van der Waals surface area contributed by atoms with E-state index in [1.54, 1.807) is 24.3 Å². The zero-order chi connectivity index (χ0) is 9.68. The fraction of sp³-hybridized carbons (Fsp3) is 0.222. The van der Waals surface area contributed by atoms with Crippen LogP contribution in [-0.4, -0.2) is 5.97 Å². The predicted octanol–water partition coefficient (Wildman–Crippen LogP) is 3.13. The lowest BCUT2D eigenvalue weighted by atomic mass is 10.5. The lowest BCUT2D eigenvalue weighted by Crippen LogP contribution is -1.98. The first-order chi connectivity index (χ1) is 6.22. The van der Waals surface area contributed by atoms with Crippen molar-refractivity contribution in [1.82, 2.24) is 0 Å². The third-order valence-corrected chi connectivity index (χ3v) is 2.89. The van der Waals surface area contributed by atoms with Gasteiger partial charge in [0.2, 0.25) is 0 Å². The fourth-order valence-corrected chi connectivity index (χ4v) is 2.15. The number of esters is 1. The highest BCUT2D eigenvalue weighted by Gasteiger charge is 2.00. The SMILES string of the molecule is C/C=C/C(=O)OCc1ccc(Br)s1. The van der Waals surface area contributed by atoms with Crippen molar-refractivity contribution in [3.05, 3.63) is 32.9 Å². The summed E-state index contributed by atoms with van der Waals surface area (Å²) in [5, 5.41) is 0. The summed E-state index contributed by atoms with van der Waals surface area (Å²) in [5.74, 6) is -0.299. The minimum absolute atomic E-state index is 0.299. The van der Waals surface area contributed by atoms with Gasteiger partial charge >= 0.3 is 5.97 Å². The maximum absolute atomic E-state index is 10.9. The van der Waals surface area contributed by atoms with Crippen LogP contribution in [0.15, 0.2) is 28.1 Å². The van der Waals surface area contributed by atoms with E-state index in [9.17, 15) is 4.79 Å². The highest BCUT2D eigenvalue weighted by molar-refractivity contribution is 9.11. The van der Waals surface area contributed by atoms with Gasteiger partial charge in [0.15, 0.2) is 0 Å². The number of halogens is 1. The lowest BCUT2D eigenvalue weighted by molar-refractivity contribution is -0.138. The standard InChI is InChI=1S/C9H9BrO2S/c1-2-3-9(11)12-6-7-4-5-8(10)13-7/h2-5H,6H2,1H3/b3-2+. The Balaban J connectivity index is 2.39. The Kier molecular flexibility index (Phi) is 4.18. The Bertz CT molecular complexity index is 317. The average molecular weight is 261 g/mol. The number of carbonyl (C=O) groups excluding carboxylic acids is 1. The van der Waals surface area contributed by atoms with Gasteiger partial charge in [-0.2, -0.15) is 0 Å². The molecule has 0 saturated heterocycles. The number of ether oxygens (including phenoxy) is 1. The van der Waals surface area contributed by atoms with Gasteiger partial charge in [0, 0.05) is 11.0 Å². The smallest absolute Gasteiger partial charge is 0.330 e. The van der Waals surface area contributed by atoms with E-state index < -0.39 is 0 Å². The summed E-state index contributed by atoms with van der Waals surface area (Å²) in [6, 6.07) is 3.86. The molecule has 1 heterocycles. The summed E-state index contributed by atoms with van der Waals surface area (Å²) in [7, 11) is 0. The molecule has 13 heavy (non-hydrogen) atoms. The molecule has 0 N–H and O–H groups in total. The molecule has 0 unspecified atom stereocenters. The first-order valence-electron chi connectivity index (χ1n) is 3.76. The Morgan fingerprint density at radius 1 is 1.69 bits per heavy atom. The molecule has 0 radical (unpaired) electrons. The highest BCUT2D eigenvalue weighted by Crippen LogP contribution is 2.22. The molecule has 1 aromatic rings. The van der Waals surface area contributed by atoms with Gasteiger partial charge in [-0.3, -0.25) is 0 Å². The van der Waals surface area contributed by atoms with E-state index in [-0.39, 0.29) is 5.97 Å². The van der Waals surface area contributed by atoms with Crippen LogP contribution in [0.5, 0.6) is 0 Å². The Morgan fingerprint density at radius 2 is 2.46 bits per heavy atom. The van der Waals surface area contributed by atoms with Crippen molar-refractivity contribution < 1.29 is 9.53 Å². The third kappa shape index (κ3) is 3.74. The van der Waals surface area contributed by atoms with Crippen LogP contribution < -0.4 is 0 Å². The number of hydrogen-bond donors (Lipinski definition) is 0. The van der Waals surface area contributed by atoms with Crippen LogP contribution in [0.25, 0.3) is 0 Å². The Morgan fingerprint density at radius 3 is 3.00 bits per heavy atom. The van der Waals surface area contributed by atoms with E-state index >= 15 is 0 Å². The van der Waals surface area contributed by atoms with Crippen LogP contribution in [0, 0.1) is 0 Å². The van der Waals surface area contributed by atoms with Gasteiger partial charge < -0.3 is 4.74 Å². The van der Waals surface area contributed by atoms with Crippen LogP contribution in [0.1, 0.15) is 11.8 Å². The zero-order valence-corrected chi connectivity index (χ0v) is 9.52. The van der Waals surface area contributed by atoms with E-state index in [0.717, 1.165) is 8.66 Å². The average Bonchev–Trinajstić information content (AvgIpc) is 2.49. The molecule has 70 valence electrons. The van der Waals surface area contributed by atoms with Crippen molar-refractivity contribution in [1.29, 1.82) is 0 Å². The second-order valence-electron chi connectivity index (χ2n) is 2.31. The molecule has 2 nitrogen and oxygen atoms in total. The first-order valence-corrected chi connectivity index (χ1v) is 5.37. The van der Waals surface area contributed by atoms with Crippen LogP contribution in [-0.2, 0) is 16.1 Å². The molecular weight excluding hydrogens is 252 g/mol. The molecule has 1 aromatic heterocycles. The summed E-state index contributed by atoms with van der Waals surface area (Å²) in [6.07, 6.45) is 3.06. The van der Waals surface area contributed by atoms with Gasteiger partial charge in [-0.05, 0) is 35.0 Å². The maximum Gasteiger partial charge on any atom is 0.330 e. The highest BCUT2D eigenvalue weighted by atomic mass is 79.9. The number of rotatable bonds is 3. The van der Waals surface area contributed by atoms with Crippen molar-refractivity contribution >= 4 is 33.2 Å². The second kappa shape index (κ2) is 5.19. The number of carbonyl (C=O) groups is 1. The van der Waals surface area contributed by atoms with Gasteiger partial charge in [0.05, 0.1) is 3.79 Å². The molecule has 0 fully saturated rings. The van der Waals surface area contributed by atoms with Gasteiger partial charge in [0.25, 0.3) is 0 Å². The number of hydrogen-bond acceptors (Lipinski definition) is 3. The molecule has 0 saturated carbocycles. The molecule has 4 heteroatoms. The van der Waals surface area contributed by atoms with Crippen LogP contribution in [0.4, 0.5) is 0 Å². The van der Waals surface area contributed by atoms with Gasteiger partial charge in [0.1, 0.15) is 6.61 Å². The molecule has 0 atom stereocenters. The predicted molar refractivity (Wildman–Crippen MR) is 56.6 cm³/mol. The van der Waals surface area contributed by atoms with Crippen molar-refractivity contribution in [2.24, 2.45) is 0 Å². The van der Waals surface area contributed by atoms with Crippen molar-refractivity contribution in [2.75, 3.05) is 0 Å². The number of allylic oxidation sites excluding steroid dienone is 1. The van der Waals surface area contributed by atoms with Crippen LogP contribution in [0.2, 0.25) is 0 Å². The largest absolute Gasteiger partial charge is 0.457 e. The lowest BCUT2D eigenvalue weighted by Gasteiger charge is -1.97. The van der Waals surface area contributed by atoms with Crippen LogP contribution in [0.3, 0.4) is 0 Å². The number of thiophene rings is 1. The van der Waals surface area contributed by atoms with Gasteiger partial charge in [-0.15, -0.1) is 11.3 Å². The van der Waals surface area contributed by atoms with E-state index in [0.29, 0.717) is 6.61 Å². The summed E-state index contributed by atoms with van der Waals surface area (Å²) in [6.45, 7) is 2.13. The fourth-order valence-electron chi connectivity index (χ4n) is 0.756. The summed E-state index contributed by atoms with van der Waals surface area (Å²) in [4.78, 5) is 11.9. The summed E-state index contributed by atoms with van der Waals surface area (Å²) >= 11 is 4.90. The monoisotopic (exact) mass is 260 g/mol. The molecule has 0 aromatic carbocycles. The quantitative estimate of drug-likeness (QED) is 0.617. The molecule has 0 spiro atoms. The van der Waals surface area contributed by atoms with Crippen LogP contribution >= 0.6 is 27.3 Å². The van der Waals surface area contributed by atoms with E-state index in [1.807, 2.05) is 12.1 Å². The summed E-state index contributed by atoms with van der Waals surface area (Å²) in [5.41, 5.74) is 0. The van der Waals surface area contributed by atoms with Crippen molar-refractivity contribution in [3.8, 4) is 0 Å². The normalized spacial score (nSPS) is 10.6. The minimum Gasteiger partial charge on any atom is -0.457 e. The molecule has 0 aliphatic rings. The molecule has 1 rings (SSSR count). The van der Waals surface area contributed by atoms with E-state index in [4.69, 9.17) is 4.74 Å². The van der Waals surface area contributed by atoms with Gasteiger partial charge in [-0.25, -0.2) is 4.79 Å².